The molecule has 0 aliphatic heterocycles. The van der Waals surface area contributed by atoms with E-state index in [9.17, 15) is 33.9 Å². The first kappa shape index (κ1) is 28.7. The lowest BCUT2D eigenvalue weighted by atomic mass is 10.1. The smallest absolute Gasteiger partial charge is 0.326 e. The zero-order valence-corrected chi connectivity index (χ0v) is 17.8. The fourth-order valence-corrected chi connectivity index (χ4v) is 2.55. The number of carbonyl (C=O) groups excluding carboxylic acids is 5. The van der Waals surface area contributed by atoms with Gasteiger partial charge in [0, 0.05) is 12.8 Å². The van der Waals surface area contributed by atoms with Gasteiger partial charge in [-0.05, 0) is 38.6 Å². The van der Waals surface area contributed by atoms with Gasteiger partial charge in [0.15, 0.2) is 0 Å². The monoisotopic (exact) mass is 459 g/mol. The highest BCUT2D eigenvalue weighted by Crippen LogP contribution is 2.04. The van der Waals surface area contributed by atoms with Crippen LogP contribution in [0.3, 0.4) is 0 Å². The number of hydrogen-bond donors (Lipinski definition) is 8. The number of nitrogens with two attached hydrogens (primary N) is 4. The normalized spacial score (nSPS) is 13.3. The van der Waals surface area contributed by atoms with E-state index in [-0.39, 0.29) is 32.1 Å². The lowest BCUT2D eigenvalue weighted by Crippen LogP contribution is -2.54. The molecule has 0 aromatic rings. The fourth-order valence-electron chi connectivity index (χ4n) is 2.55. The standard InChI is InChI=1S/C18H33N7O7/c19-8-2-1-3-12(18(31)32)25-17(30)11(5-7-14(22)27)24-15(28)9-23-16(29)10(20)4-6-13(21)26/h10-12H,1-9,19-20H2,(H2,21,26)(H2,22,27)(H,23,29)(H,24,28)(H,25,30)(H,31,32). The van der Waals surface area contributed by atoms with E-state index in [0.29, 0.717) is 19.4 Å². The Kier molecular flexibility index (Phi) is 13.9. The molecule has 14 heteroatoms. The molecular weight excluding hydrogens is 426 g/mol. The van der Waals surface area contributed by atoms with Crippen molar-refractivity contribution in [3.63, 3.8) is 0 Å². The van der Waals surface area contributed by atoms with E-state index in [1.54, 1.807) is 0 Å². The van der Waals surface area contributed by atoms with Crippen LogP contribution in [-0.2, 0) is 28.8 Å². The van der Waals surface area contributed by atoms with Crippen LogP contribution in [0.15, 0.2) is 0 Å². The number of amides is 5. The van der Waals surface area contributed by atoms with E-state index in [1.807, 2.05) is 0 Å². The van der Waals surface area contributed by atoms with Gasteiger partial charge in [-0.1, -0.05) is 0 Å². The van der Waals surface area contributed by atoms with Gasteiger partial charge >= 0.3 is 5.97 Å². The summed E-state index contributed by atoms with van der Waals surface area (Å²) < 4.78 is 0. The predicted octanol–water partition coefficient (Wildman–Crippen LogP) is -3.86. The third-order valence-electron chi connectivity index (χ3n) is 4.35. The Morgan fingerprint density at radius 2 is 1.38 bits per heavy atom. The van der Waals surface area contributed by atoms with Gasteiger partial charge in [0.25, 0.3) is 0 Å². The Balaban J connectivity index is 4.91. The number of primary amides is 2. The summed E-state index contributed by atoms with van der Waals surface area (Å²) in [6.07, 6.45) is 0.645. The lowest BCUT2D eigenvalue weighted by molar-refractivity contribution is -0.142. The minimum absolute atomic E-state index is 0.00678. The molecule has 0 heterocycles. The molecule has 0 aliphatic rings. The number of carboxylic acids is 1. The van der Waals surface area contributed by atoms with Gasteiger partial charge in [-0.25, -0.2) is 4.79 Å². The maximum Gasteiger partial charge on any atom is 0.326 e. The molecule has 0 radical (unpaired) electrons. The SMILES string of the molecule is NCCCCC(NC(=O)C(CCC(N)=O)NC(=O)CNC(=O)C(N)CCC(N)=O)C(=O)O. The molecule has 14 nitrogen and oxygen atoms in total. The van der Waals surface area contributed by atoms with Crippen LogP contribution in [-0.4, -0.2) is 71.8 Å². The van der Waals surface area contributed by atoms with Crippen LogP contribution in [0.2, 0.25) is 0 Å². The Labute approximate surface area is 185 Å². The zero-order valence-electron chi connectivity index (χ0n) is 17.8. The molecule has 0 aliphatic carbocycles. The van der Waals surface area contributed by atoms with E-state index in [1.165, 1.54) is 0 Å². The number of hydrogen-bond acceptors (Lipinski definition) is 8. The second kappa shape index (κ2) is 15.5. The molecule has 0 saturated heterocycles. The number of nitrogens with one attached hydrogen (secondary N) is 3. The first-order valence-electron chi connectivity index (χ1n) is 10.1. The summed E-state index contributed by atoms with van der Waals surface area (Å²) in [6, 6.07) is -3.52. The molecule has 0 spiro atoms. The van der Waals surface area contributed by atoms with Crippen LogP contribution in [0.1, 0.15) is 44.9 Å². The fraction of sp³-hybridized carbons (Fsp3) is 0.667. The van der Waals surface area contributed by atoms with Crippen molar-refractivity contribution >= 4 is 35.5 Å². The largest absolute Gasteiger partial charge is 0.480 e. The highest BCUT2D eigenvalue weighted by atomic mass is 16.4. The summed E-state index contributed by atoms with van der Waals surface area (Å²) in [6.45, 7) is -0.169. The van der Waals surface area contributed by atoms with Crippen LogP contribution in [0, 0.1) is 0 Å². The summed E-state index contributed by atoms with van der Waals surface area (Å²) in [5.41, 5.74) is 21.0. The van der Waals surface area contributed by atoms with Crippen LogP contribution < -0.4 is 38.9 Å². The van der Waals surface area contributed by atoms with Crippen LogP contribution >= 0.6 is 0 Å². The van der Waals surface area contributed by atoms with Gasteiger partial charge in [-0.2, -0.15) is 0 Å². The summed E-state index contributed by atoms with van der Waals surface area (Å²) in [5.74, 6) is -4.90. The molecule has 0 fully saturated rings. The first-order valence-corrected chi connectivity index (χ1v) is 10.1. The zero-order chi connectivity index (χ0) is 24.7. The maximum absolute atomic E-state index is 12.5. The number of carboxylic acid groups (broad SMARTS) is 1. The summed E-state index contributed by atoms with van der Waals surface area (Å²) in [7, 11) is 0. The van der Waals surface area contributed by atoms with Crippen molar-refractivity contribution in [1.82, 2.24) is 16.0 Å². The molecule has 182 valence electrons. The van der Waals surface area contributed by atoms with Crippen LogP contribution in [0.25, 0.3) is 0 Å². The van der Waals surface area contributed by atoms with Crippen LogP contribution in [0.5, 0.6) is 0 Å². The van der Waals surface area contributed by atoms with Crippen molar-refractivity contribution in [1.29, 1.82) is 0 Å². The highest BCUT2D eigenvalue weighted by Gasteiger charge is 2.27. The molecule has 12 N–H and O–H groups in total. The van der Waals surface area contributed by atoms with Crippen molar-refractivity contribution in [3.05, 3.63) is 0 Å². The number of aliphatic carboxylic acids is 1. The molecular formula is C18H33N7O7. The van der Waals surface area contributed by atoms with Crippen molar-refractivity contribution in [3.8, 4) is 0 Å². The topological polar surface area (TPSA) is 263 Å². The van der Waals surface area contributed by atoms with Gasteiger partial charge in [0.2, 0.25) is 29.5 Å². The minimum atomic E-state index is -1.26. The number of carbonyl (C=O) groups is 6. The molecule has 0 aromatic carbocycles. The van der Waals surface area contributed by atoms with Crippen molar-refractivity contribution < 1.29 is 33.9 Å². The first-order chi connectivity index (χ1) is 15.0. The molecule has 0 bridgehead atoms. The average molecular weight is 460 g/mol. The summed E-state index contributed by atoms with van der Waals surface area (Å²) in [5, 5.41) is 16.2. The highest BCUT2D eigenvalue weighted by molar-refractivity contribution is 5.93. The van der Waals surface area contributed by atoms with E-state index < -0.39 is 60.2 Å². The third-order valence-corrected chi connectivity index (χ3v) is 4.35. The van der Waals surface area contributed by atoms with Crippen molar-refractivity contribution in [2.75, 3.05) is 13.1 Å². The Morgan fingerprint density at radius 1 is 0.781 bits per heavy atom. The minimum Gasteiger partial charge on any atom is -0.480 e. The quantitative estimate of drug-likeness (QED) is 0.0987. The Hall–Kier alpha value is -3.26. The summed E-state index contributed by atoms with van der Waals surface area (Å²) in [4.78, 5) is 69.7. The van der Waals surface area contributed by atoms with Crippen molar-refractivity contribution in [2.24, 2.45) is 22.9 Å². The second-order valence-electron chi connectivity index (χ2n) is 7.14. The lowest BCUT2D eigenvalue weighted by Gasteiger charge is -2.21. The summed E-state index contributed by atoms with van der Waals surface area (Å²) >= 11 is 0. The van der Waals surface area contributed by atoms with Gasteiger partial charge in [-0.15, -0.1) is 0 Å². The van der Waals surface area contributed by atoms with E-state index in [2.05, 4.69) is 16.0 Å². The number of rotatable bonds is 17. The molecule has 5 amide bonds. The molecule has 3 unspecified atom stereocenters. The molecule has 0 saturated carbocycles. The molecule has 0 aromatic heterocycles. The van der Waals surface area contributed by atoms with E-state index in [0.717, 1.165) is 0 Å². The number of unbranched alkanes of at least 4 members (excludes halogenated alkanes) is 1. The van der Waals surface area contributed by atoms with Gasteiger partial charge in [0.1, 0.15) is 12.1 Å². The van der Waals surface area contributed by atoms with E-state index >= 15 is 0 Å². The molecule has 3 atom stereocenters. The second-order valence-corrected chi connectivity index (χ2v) is 7.14. The van der Waals surface area contributed by atoms with Crippen LogP contribution in [0.4, 0.5) is 0 Å². The molecule has 32 heavy (non-hydrogen) atoms. The van der Waals surface area contributed by atoms with Gasteiger partial charge in [0.05, 0.1) is 12.6 Å². The van der Waals surface area contributed by atoms with E-state index in [4.69, 9.17) is 22.9 Å². The third kappa shape index (κ3) is 13.1. The Morgan fingerprint density at radius 3 is 1.91 bits per heavy atom. The van der Waals surface area contributed by atoms with Gasteiger partial charge in [-0.3, -0.25) is 24.0 Å². The predicted molar refractivity (Wildman–Crippen MR) is 112 cm³/mol. The van der Waals surface area contributed by atoms with Gasteiger partial charge < -0.3 is 44.0 Å². The Bertz CT molecular complexity index is 687. The molecule has 0 rings (SSSR count). The average Bonchev–Trinajstić information content (AvgIpc) is 2.71. The maximum atomic E-state index is 12.5. The van der Waals surface area contributed by atoms with Crippen molar-refractivity contribution in [2.45, 2.75) is 63.1 Å².